The highest BCUT2D eigenvalue weighted by Crippen LogP contribution is 2.49. The summed E-state index contributed by atoms with van der Waals surface area (Å²) in [6.07, 6.45) is 11.1. The SMILES string of the molecule is CCC(CC)n1ccc(CC(NN)C2CC3CCC2C3)n1. The summed E-state index contributed by atoms with van der Waals surface area (Å²) in [4.78, 5) is 0. The summed E-state index contributed by atoms with van der Waals surface area (Å²) in [6.45, 7) is 4.46. The quantitative estimate of drug-likeness (QED) is 0.599. The Labute approximate surface area is 128 Å². The highest BCUT2D eigenvalue weighted by atomic mass is 15.3. The van der Waals surface area contributed by atoms with Crippen molar-refractivity contribution in [3.8, 4) is 0 Å². The van der Waals surface area contributed by atoms with Crippen molar-refractivity contribution >= 4 is 0 Å². The molecule has 0 spiro atoms. The third kappa shape index (κ3) is 3.02. The fourth-order valence-electron chi connectivity index (χ4n) is 4.70. The van der Waals surface area contributed by atoms with Gasteiger partial charge in [-0.1, -0.05) is 20.3 Å². The van der Waals surface area contributed by atoms with Crippen molar-refractivity contribution in [1.29, 1.82) is 0 Å². The molecule has 3 rings (SSSR count). The van der Waals surface area contributed by atoms with Crippen molar-refractivity contribution < 1.29 is 0 Å². The van der Waals surface area contributed by atoms with Crippen LogP contribution in [0, 0.1) is 17.8 Å². The number of aromatic nitrogens is 2. The number of hydrazine groups is 1. The van der Waals surface area contributed by atoms with Gasteiger partial charge in [0, 0.05) is 18.7 Å². The summed E-state index contributed by atoms with van der Waals surface area (Å²) in [6, 6.07) is 3.10. The summed E-state index contributed by atoms with van der Waals surface area (Å²) in [7, 11) is 0. The van der Waals surface area contributed by atoms with Gasteiger partial charge in [-0.15, -0.1) is 0 Å². The highest BCUT2D eigenvalue weighted by molar-refractivity contribution is 5.05. The van der Waals surface area contributed by atoms with Crippen molar-refractivity contribution in [1.82, 2.24) is 15.2 Å². The van der Waals surface area contributed by atoms with Gasteiger partial charge in [0.15, 0.2) is 0 Å². The number of nitrogens with one attached hydrogen (secondary N) is 1. The van der Waals surface area contributed by atoms with Crippen LogP contribution in [0.3, 0.4) is 0 Å². The van der Waals surface area contributed by atoms with Crippen molar-refractivity contribution in [2.45, 2.75) is 70.9 Å². The van der Waals surface area contributed by atoms with Crippen molar-refractivity contribution in [2.75, 3.05) is 0 Å². The lowest BCUT2D eigenvalue weighted by atomic mass is 9.82. The zero-order valence-corrected chi connectivity index (χ0v) is 13.5. The van der Waals surface area contributed by atoms with Gasteiger partial charge in [0.1, 0.15) is 0 Å². The molecule has 2 aliphatic rings. The van der Waals surface area contributed by atoms with Crippen LogP contribution in [0.1, 0.15) is 64.1 Å². The van der Waals surface area contributed by atoms with E-state index in [4.69, 9.17) is 10.9 Å². The maximum atomic E-state index is 5.87. The molecule has 1 aromatic heterocycles. The molecule has 0 amide bonds. The summed E-state index contributed by atoms with van der Waals surface area (Å²) >= 11 is 0. The van der Waals surface area contributed by atoms with Crippen LogP contribution in [-0.4, -0.2) is 15.8 Å². The van der Waals surface area contributed by atoms with Crippen molar-refractivity contribution in [2.24, 2.45) is 23.6 Å². The fourth-order valence-corrected chi connectivity index (χ4v) is 4.70. The van der Waals surface area contributed by atoms with Gasteiger partial charge in [-0.3, -0.25) is 16.0 Å². The zero-order chi connectivity index (χ0) is 14.8. The molecule has 4 atom stereocenters. The van der Waals surface area contributed by atoms with Gasteiger partial charge >= 0.3 is 0 Å². The first-order valence-electron chi connectivity index (χ1n) is 8.75. The molecule has 3 N–H and O–H groups in total. The van der Waals surface area contributed by atoms with Crippen LogP contribution in [0.25, 0.3) is 0 Å². The Balaban J connectivity index is 1.64. The number of hydrogen-bond donors (Lipinski definition) is 2. The van der Waals surface area contributed by atoms with Crippen LogP contribution in [0.15, 0.2) is 12.3 Å². The Kier molecular flexibility index (Phi) is 4.65. The van der Waals surface area contributed by atoms with E-state index < -0.39 is 0 Å². The summed E-state index contributed by atoms with van der Waals surface area (Å²) < 4.78 is 2.14. The monoisotopic (exact) mass is 290 g/mol. The minimum Gasteiger partial charge on any atom is -0.271 e. The van der Waals surface area contributed by atoms with E-state index in [2.05, 4.69) is 36.2 Å². The lowest BCUT2D eigenvalue weighted by Crippen LogP contribution is -2.44. The molecule has 2 bridgehead atoms. The van der Waals surface area contributed by atoms with E-state index in [1.165, 1.54) is 31.4 Å². The maximum Gasteiger partial charge on any atom is 0.0640 e. The minimum absolute atomic E-state index is 0.394. The second-order valence-corrected chi connectivity index (χ2v) is 7.07. The van der Waals surface area contributed by atoms with Gasteiger partial charge in [-0.05, 0) is 55.9 Å². The van der Waals surface area contributed by atoms with Gasteiger partial charge in [0.2, 0.25) is 0 Å². The smallest absolute Gasteiger partial charge is 0.0640 e. The molecule has 2 saturated carbocycles. The third-order valence-corrected chi connectivity index (χ3v) is 5.93. The van der Waals surface area contributed by atoms with E-state index >= 15 is 0 Å². The zero-order valence-electron chi connectivity index (χ0n) is 13.5. The molecule has 21 heavy (non-hydrogen) atoms. The Hall–Kier alpha value is -0.870. The molecule has 4 heteroatoms. The molecule has 2 fully saturated rings. The van der Waals surface area contributed by atoms with E-state index in [-0.39, 0.29) is 0 Å². The second kappa shape index (κ2) is 6.49. The van der Waals surface area contributed by atoms with Crippen LogP contribution in [-0.2, 0) is 6.42 Å². The Bertz CT molecular complexity index is 451. The fraction of sp³-hybridized carbons (Fsp3) is 0.824. The topological polar surface area (TPSA) is 55.9 Å². The molecule has 4 unspecified atom stereocenters. The van der Waals surface area contributed by atoms with Crippen LogP contribution < -0.4 is 11.3 Å². The molecule has 0 saturated heterocycles. The van der Waals surface area contributed by atoms with Gasteiger partial charge in [0.05, 0.1) is 11.7 Å². The average Bonchev–Trinajstić information content (AvgIpc) is 3.22. The highest BCUT2D eigenvalue weighted by Gasteiger charge is 2.42. The maximum absolute atomic E-state index is 5.87. The Morgan fingerprint density at radius 1 is 1.33 bits per heavy atom. The van der Waals surface area contributed by atoms with Crippen molar-refractivity contribution in [3.05, 3.63) is 18.0 Å². The molecule has 2 aliphatic carbocycles. The van der Waals surface area contributed by atoms with Gasteiger partial charge in [0.25, 0.3) is 0 Å². The van der Waals surface area contributed by atoms with E-state index in [0.29, 0.717) is 12.1 Å². The first-order chi connectivity index (χ1) is 10.2. The van der Waals surface area contributed by atoms with E-state index in [1.807, 2.05) is 0 Å². The van der Waals surface area contributed by atoms with Crippen LogP contribution in [0.2, 0.25) is 0 Å². The van der Waals surface area contributed by atoms with Crippen molar-refractivity contribution in [3.63, 3.8) is 0 Å². The molecule has 1 aromatic rings. The molecule has 4 nitrogen and oxygen atoms in total. The minimum atomic E-state index is 0.394. The van der Waals surface area contributed by atoms with Crippen LogP contribution >= 0.6 is 0 Å². The molecule has 0 aliphatic heterocycles. The largest absolute Gasteiger partial charge is 0.271 e. The lowest BCUT2D eigenvalue weighted by Gasteiger charge is -2.29. The number of hydrogen-bond acceptors (Lipinski definition) is 3. The predicted octanol–water partition coefficient (Wildman–Crippen LogP) is 3.05. The number of nitrogens with zero attached hydrogens (tertiary/aromatic N) is 2. The van der Waals surface area contributed by atoms with Crippen LogP contribution in [0.4, 0.5) is 0 Å². The standard InChI is InChI=1S/C17H30N4/c1-3-15(4-2)21-8-7-14(20-21)11-17(19-18)16-10-12-5-6-13(16)9-12/h7-8,12-13,15-17,19H,3-6,9-11,18H2,1-2H3. The Morgan fingerprint density at radius 3 is 2.71 bits per heavy atom. The van der Waals surface area contributed by atoms with Gasteiger partial charge < -0.3 is 0 Å². The average molecular weight is 290 g/mol. The third-order valence-electron chi connectivity index (χ3n) is 5.93. The normalized spacial score (nSPS) is 29.4. The molecule has 0 radical (unpaired) electrons. The Morgan fingerprint density at radius 2 is 2.14 bits per heavy atom. The molecule has 1 heterocycles. The second-order valence-electron chi connectivity index (χ2n) is 7.07. The molecular weight excluding hydrogens is 260 g/mol. The predicted molar refractivity (Wildman–Crippen MR) is 85.6 cm³/mol. The summed E-state index contributed by atoms with van der Waals surface area (Å²) in [5, 5.41) is 4.79. The number of nitrogens with two attached hydrogens (primary N) is 1. The first kappa shape index (κ1) is 15.0. The molecule has 0 aromatic carbocycles. The number of rotatable bonds is 7. The van der Waals surface area contributed by atoms with Crippen LogP contribution in [0.5, 0.6) is 0 Å². The van der Waals surface area contributed by atoms with Gasteiger partial charge in [-0.25, -0.2) is 0 Å². The molecular formula is C17H30N4. The summed E-state index contributed by atoms with van der Waals surface area (Å²) in [5.74, 6) is 8.49. The first-order valence-corrected chi connectivity index (χ1v) is 8.75. The van der Waals surface area contributed by atoms with E-state index in [9.17, 15) is 0 Å². The van der Waals surface area contributed by atoms with E-state index in [0.717, 1.165) is 37.0 Å². The summed E-state index contributed by atoms with van der Waals surface area (Å²) in [5.41, 5.74) is 4.28. The van der Waals surface area contributed by atoms with E-state index in [1.54, 1.807) is 0 Å². The molecule has 118 valence electrons. The van der Waals surface area contributed by atoms with Gasteiger partial charge in [-0.2, -0.15) is 5.10 Å². The number of fused-ring (bicyclic) bond motifs is 2. The lowest BCUT2D eigenvalue weighted by molar-refractivity contribution is 0.246.